The van der Waals surface area contributed by atoms with Crippen LogP contribution >= 0.6 is 0 Å². The van der Waals surface area contributed by atoms with Gasteiger partial charge >= 0.3 is 12.4 Å². The molecule has 4 nitrogen and oxygen atoms in total. The Morgan fingerprint density at radius 2 is 1.22 bits per heavy atom. The highest BCUT2D eigenvalue weighted by atomic mass is 19.4. The van der Waals surface area contributed by atoms with Crippen molar-refractivity contribution in [2.75, 3.05) is 0 Å². The molecule has 2 aromatic heterocycles. The van der Waals surface area contributed by atoms with Crippen molar-refractivity contribution in [1.29, 1.82) is 5.26 Å². The first-order valence-corrected chi connectivity index (χ1v) is 11.0. The Morgan fingerprint density at radius 1 is 0.683 bits per heavy atom. The molecule has 41 heavy (non-hydrogen) atoms. The average molecular weight is 585 g/mol. The topological polar surface area (TPSA) is 66.6 Å². The van der Waals surface area contributed by atoms with E-state index < -0.39 is 64.0 Å². The van der Waals surface area contributed by atoms with E-state index in [9.17, 15) is 48.7 Å². The maximum Gasteiger partial charge on any atom is 0.416 e. The molecule has 0 aliphatic carbocycles. The number of carbonyl (C=O) groups excluding carboxylic acids is 1. The molecule has 0 aliphatic rings. The number of benzene rings is 2. The van der Waals surface area contributed by atoms with Crippen molar-refractivity contribution >= 4 is 5.78 Å². The van der Waals surface area contributed by atoms with Crippen LogP contribution in [0.3, 0.4) is 0 Å². The van der Waals surface area contributed by atoms with Gasteiger partial charge in [0.1, 0.15) is 34.9 Å². The number of aromatic nitrogens is 2. The van der Waals surface area contributed by atoms with E-state index in [1.54, 1.807) is 6.07 Å². The van der Waals surface area contributed by atoms with Crippen molar-refractivity contribution in [1.82, 2.24) is 9.97 Å². The number of hydrogen-bond donors (Lipinski definition) is 0. The largest absolute Gasteiger partial charge is 0.416 e. The van der Waals surface area contributed by atoms with E-state index in [0.717, 1.165) is 36.7 Å². The third-order valence-electron chi connectivity index (χ3n) is 5.20. The zero-order valence-corrected chi connectivity index (χ0v) is 20.0. The molecule has 0 aliphatic heterocycles. The van der Waals surface area contributed by atoms with E-state index in [0.29, 0.717) is 24.3 Å². The molecule has 0 amide bonds. The van der Waals surface area contributed by atoms with Crippen LogP contribution < -0.4 is 0 Å². The minimum atomic E-state index is -4.77. The number of pyridine rings is 2. The summed E-state index contributed by atoms with van der Waals surface area (Å²) in [6.07, 6.45) is -7.92. The lowest BCUT2D eigenvalue weighted by atomic mass is 9.94. The average Bonchev–Trinajstić information content (AvgIpc) is 2.89. The van der Waals surface area contributed by atoms with Gasteiger partial charge in [-0.15, -0.1) is 0 Å². The van der Waals surface area contributed by atoms with Gasteiger partial charge in [0.05, 0.1) is 35.3 Å². The Kier molecular flexibility index (Phi) is 9.11. The van der Waals surface area contributed by atoms with Crippen LogP contribution in [0, 0.1) is 34.6 Å². The van der Waals surface area contributed by atoms with E-state index in [4.69, 9.17) is 5.26 Å². The fourth-order valence-corrected chi connectivity index (χ4v) is 3.35. The third kappa shape index (κ3) is 8.10. The number of ketones is 1. The molecular formula is C27H13F10N3O. The van der Waals surface area contributed by atoms with Gasteiger partial charge in [-0.05, 0) is 66.2 Å². The van der Waals surface area contributed by atoms with Gasteiger partial charge in [0.15, 0.2) is 0 Å². The van der Waals surface area contributed by atoms with Crippen molar-refractivity contribution in [3.8, 4) is 6.07 Å². The summed E-state index contributed by atoms with van der Waals surface area (Å²) in [6.45, 7) is 0. The van der Waals surface area contributed by atoms with Gasteiger partial charge < -0.3 is 0 Å². The second-order valence-corrected chi connectivity index (χ2v) is 8.15. The summed E-state index contributed by atoms with van der Waals surface area (Å²) in [5.74, 6) is -5.78. The van der Waals surface area contributed by atoms with Crippen LogP contribution in [0.1, 0.15) is 44.4 Å². The quantitative estimate of drug-likeness (QED) is 0.182. The summed E-state index contributed by atoms with van der Waals surface area (Å²) in [6, 6.07) is 9.21. The van der Waals surface area contributed by atoms with E-state index in [2.05, 4.69) is 9.97 Å². The molecule has 2 heterocycles. The molecule has 4 rings (SSSR count). The number of alkyl halides is 6. The highest BCUT2D eigenvalue weighted by molar-refractivity contribution is 6.07. The Labute approximate surface area is 224 Å². The Hall–Kier alpha value is -4.80. The summed E-state index contributed by atoms with van der Waals surface area (Å²) < 4.78 is 127. The van der Waals surface area contributed by atoms with Crippen LogP contribution in [0.4, 0.5) is 43.9 Å². The number of carbonyl (C=O) groups is 1. The van der Waals surface area contributed by atoms with Crippen LogP contribution in [0.25, 0.3) is 0 Å². The number of nitriles is 1. The predicted molar refractivity (Wildman–Crippen MR) is 122 cm³/mol. The molecule has 0 N–H and O–H groups in total. The second-order valence-electron chi connectivity index (χ2n) is 8.15. The van der Waals surface area contributed by atoms with Crippen molar-refractivity contribution in [3.05, 3.63) is 130 Å². The Balaban J connectivity index is 0.000000226. The summed E-state index contributed by atoms with van der Waals surface area (Å²) in [4.78, 5) is 19.0. The Bertz CT molecular complexity index is 1580. The third-order valence-corrected chi connectivity index (χ3v) is 5.20. The van der Waals surface area contributed by atoms with Gasteiger partial charge in [-0.3, -0.25) is 9.78 Å². The first kappa shape index (κ1) is 30.7. The normalized spacial score (nSPS) is 12.1. The Morgan fingerprint density at radius 3 is 1.71 bits per heavy atom. The molecule has 0 radical (unpaired) electrons. The first-order chi connectivity index (χ1) is 19.1. The van der Waals surface area contributed by atoms with Crippen LogP contribution in [0.5, 0.6) is 0 Å². The molecule has 2 aromatic carbocycles. The van der Waals surface area contributed by atoms with E-state index in [1.165, 1.54) is 6.07 Å². The van der Waals surface area contributed by atoms with Gasteiger partial charge in [0.25, 0.3) is 0 Å². The van der Waals surface area contributed by atoms with Crippen LogP contribution in [-0.4, -0.2) is 15.8 Å². The van der Waals surface area contributed by atoms with Gasteiger partial charge in [-0.1, -0.05) is 0 Å². The van der Waals surface area contributed by atoms with Crippen molar-refractivity contribution < 1.29 is 48.7 Å². The lowest BCUT2D eigenvalue weighted by Crippen LogP contribution is -2.10. The molecule has 1 unspecified atom stereocenters. The molecule has 0 fully saturated rings. The summed E-state index contributed by atoms with van der Waals surface area (Å²) in [5, 5.41) is 9.10. The van der Waals surface area contributed by atoms with Crippen molar-refractivity contribution in [2.45, 2.75) is 18.3 Å². The maximum atomic E-state index is 13.3. The first-order valence-electron chi connectivity index (χ1n) is 11.0. The summed E-state index contributed by atoms with van der Waals surface area (Å²) >= 11 is 0. The standard InChI is InChI=1S/C14H7F5N2.C13H6F5NO/c15-10-1-2-13(21-7-10)12(6-20)8-3-9(14(17,18)19)5-11(16)4-8;14-9-1-2-11(19-6-9)12(20)7-3-8(13(16,17)18)5-10(15)4-7/h1-5,7,12H;1-6H. The van der Waals surface area contributed by atoms with Gasteiger partial charge in [-0.2, -0.15) is 31.6 Å². The number of rotatable bonds is 4. The molecular weight excluding hydrogens is 572 g/mol. The minimum absolute atomic E-state index is 0.0395. The minimum Gasteiger partial charge on any atom is -0.287 e. The predicted octanol–water partition coefficient (Wildman–Crippen LogP) is 7.64. The molecule has 4 aromatic rings. The maximum absolute atomic E-state index is 13.3. The second kappa shape index (κ2) is 12.2. The number of halogens is 10. The zero-order chi connectivity index (χ0) is 30.5. The van der Waals surface area contributed by atoms with E-state index in [-0.39, 0.29) is 23.0 Å². The molecule has 212 valence electrons. The van der Waals surface area contributed by atoms with Crippen molar-refractivity contribution in [3.63, 3.8) is 0 Å². The monoisotopic (exact) mass is 585 g/mol. The molecule has 14 heteroatoms. The SMILES string of the molecule is N#CC(c1cc(F)cc(C(F)(F)F)c1)c1ccc(F)cn1.O=C(c1cc(F)cc(C(F)(F)F)c1)c1ccc(F)cn1. The molecule has 0 bridgehead atoms. The molecule has 1 atom stereocenters. The number of nitrogens with zero attached hydrogens (tertiary/aromatic N) is 3. The van der Waals surface area contributed by atoms with E-state index >= 15 is 0 Å². The number of hydrogen-bond acceptors (Lipinski definition) is 4. The fraction of sp³-hybridized carbons (Fsp3) is 0.111. The van der Waals surface area contributed by atoms with Gasteiger partial charge in [-0.25, -0.2) is 22.5 Å². The van der Waals surface area contributed by atoms with Crippen LogP contribution in [0.2, 0.25) is 0 Å². The highest BCUT2D eigenvalue weighted by Crippen LogP contribution is 2.33. The lowest BCUT2D eigenvalue weighted by molar-refractivity contribution is -0.138. The van der Waals surface area contributed by atoms with Crippen molar-refractivity contribution in [2.24, 2.45) is 0 Å². The van der Waals surface area contributed by atoms with Gasteiger partial charge in [0, 0.05) is 5.56 Å². The summed E-state index contributed by atoms with van der Waals surface area (Å²) in [5.41, 5.74) is -3.40. The lowest BCUT2D eigenvalue weighted by Gasteiger charge is -2.13. The van der Waals surface area contributed by atoms with Gasteiger partial charge in [0.2, 0.25) is 5.78 Å². The molecule has 0 saturated carbocycles. The fourth-order valence-electron chi connectivity index (χ4n) is 3.35. The molecule has 0 spiro atoms. The summed E-state index contributed by atoms with van der Waals surface area (Å²) in [7, 11) is 0. The molecule has 0 saturated heterocycles. The van der Waals surface area contributed by atoms with E-state index in [1.807, 2.05) is 0 Å². The highest BCUT2D eigenvalue weighted by Gasteiger charge is 2.33. The zero-order valence-electron chi connectivity index (χ0n) is 20.0. The smallest absolute Gasteiger partial charge is 0.287 e. The van der Waals surface area contributed by atoms with Crippen LogP contribution in [-0.2, 0) is 12.4 Å². The van der Waals surface area contributed by atoms with Crippen LogP contribution in [0.15, 0.2) is 73.1 Å².